The lowest BCUT2D eigenvalue weighted by Gasteiger charge is -2.37. The molecule has 0 spiro atoms. The summed E-state index contributed by atoms with van der Waals surface area (Å²) in [5.74, 6) is -1.11. The van der Waals surface area contributed by atoms with Crippen LogP contribution in [-0.2, 0) is 38.2 Å². The first-order valence-corrected chi connectivity index (χ1v) is 55.7. The lowest BCUT2D eigenvalue weighted by atomic mass is 9.74. The number of ether oxygens (including phenoxy) is 3. The highest BCUT2D eigenvalue weighted by Gasteiger charge is 2.39. The Kier molecular flexibility index (Phi) is 84.4. The monoisotopic (exact) mass is 1770 g/mol. The highest BCUT2D eigenvalue weighted by Crippen LogP contribution is 2.40. The molecule has 15 heteroatoms. The lowest BCUT2D eigenvalue weighted by molar-refractivity contribution is -0.151. The van der Waals surface area contributed by atoms with E-state index in [0.29, 0.717) is 19.8 Å². The van der Waals surface area contributed by atoms with Gasteiger partial charge in [0.25, 0.3) is 0 Å². The number of carboxylic acid groups (broad SMARTS) is 2. The maximum Gasteiger partial charge on any atom is 0.309 e. The summed E-state index contributed by atoms with van der Waals surface area (Å²) < 4.78 is 18.6. The summed E-state index contributed by atoms with van der Waals surface area (Å²) in [6.45, 7) is 38.5. The van der Waals surface area contributed by atoms with E-state index >= 15 is 0 Å². The molecule has 1 heterocycles. The highest BCUT2D eigenvalue weighted by molar-refractivity contribution is 5.75. The molecule has 15 nitrogen and oxygen atoms in total. The van der Waals surface area contributed by atoms with Crippen LogP contribution in [0.1, 0.15) is 532 Å². The zero-order valence-electron chi connectivity index (χ0n) is 85.3. The Hall–Kier alpha value is -2.85. The van der Waals surface area contributed by atoms with Crippen molar-refractivity contribution in [2.75, 3.05) is 118 Å². The third-order valence-electron chi connectivity index (χ3n) is 28.6. The molecule has 1 aliphatic heterocycles. The van der Waals surface area contributed by atoms with E-state index < -0.39 is 22.8 Å². The van der Waals surface area contributed by atoms with Crippen molar-refractivity contribution in [2.24, 2.45) is 28.6 Å². The lowest BCUT2D eigenvalue weighted by Crippen LogP contribution is -2.50. The van der Waals surface area contributed by atoms with Crippen LogP contribution in [0.3, 0.4) is 0 Å². The van der Waals surface area contributed by atoms with Gasteiger partial charge in [0.1, 0.15) is 0 Å². The standard InChI is InChI=1S/C110H215N5O10/c1-11-21-31-41-46-54-74-101(71-51-36-26-16-6)104(116)123-98-68-65-85-112(86-66-69-99-124-105(117)102(72-52-37-27-17-7)75-55-47-42-32-22-12-2)88-90-113(87-67-70-100-125-106(118)103(73-53-38-28-18-8)76-56-48-43-33-23-13-3)91-93-115-96-94-114(95-97-115)92-89-111(83-63-61-81-109(107(119)120,77-57-39-29-19-9)79-59-49-44-34-24-14-4)84-64-62-82-110(108(121)122,78-58-40-30-20-10)80-60-50-45-35-25-15-5/h101-103H,11-100H2,1-10H3,(H,119,120)(H,121,122). The van der Waals surface area contributed by atoms with Gasteiger partial charge in [-0.15, -0.1) is 0 Å². The van der Waals surface area contributed by atoms with E-state index in [1.54, 1.807) is 0 Å². The Balaban J connectivity index is 3.63. The first-order chi connectivity index (χ1) is 61.1. The van der Waals surface area contributed by atoms with Gasteiger partial charge < -0.3 is 39.1 Å². The van der Waals surface area contributed by atoms with Crippen molar-refractivity contribution in [3.05, 3.63) is 0 Å². The molecule has 0 bridgehead atoms. The molecular weight excluding hydrogens is 1550 g/mol. The fraction of sp³-hybridized carbons (Fsp3) is 0.955. The predicted octanol–water partition coefficient (Wildman–Crippen LogP) is 30.4. The Morgan fingerprint density at radius 1 is 0.232 bits per heavy atom. The van der Waals surface area contributed by atoms with Gasteiger partial charge in [0.05, 0.1) is 48.4 Å². The number of hydrogen-bond acceptors (Lipinski definition) is 13. The average molecular weight is 1770 g/mol. The summed E-state index contributed by atoms with van der Waals surface area (Å²) >= 11 is 0. The largest absolute Gasteiger partial charge is 0.481 e. The minimum Gasteiger partial charge on any atom is -0.481 e. The molecule has 1 fully saturated rings. The van der Waals surface area contributed by atoms with E-state index in [1.807, 2.05) is 0 Å². The molecule has 0 amide bonds. The second-order valence-corrected chi connectivity index (χ2v) is 39.9. The molecule has 125 heavy (non-hydrogen) atoms. The van der Waals surface area contributed by atoms with Crippen LogP contribution >= 0.6 is 0 Å². The number of unbranched alkanes of at least 4 members (excludes halogenated alkanes) is 45. The summed E-state index contributed by atoms with van der Waals surface area (Å²) in [5, 5.41) is 22.2. The Morgan fingerprint density at radius 2 is 0.408 bits per heavy atom. The van der Waals surface area contributed by atoms with Gasteiger partial charge in [-0.05, 0) is 161 Å². The van der Waals surface area contributed by atoms with Crippen molar-refractivity contribution < 1.29 is 48.4 Å². The second kappa shape index (κ2) is 87.8. The Morgan fingerprint density at radius 3 is 0.640 bits per heavy atom. The van der Waals surface area contributed by atoms with E-state index in [0.717, 1.165) is 355 Å². The SMILES string of the molecule is CCCCCCCCC(CCCCCC)C(=O)OCCCCN(CCCCOC(=O)C(CCCCCC)CCCCCCCC)CCN(CCCCOC(=O)C(CCCCCC)CCCCCCCC)CCN1CCN(CCN(CCCCC(CCCCCC)(CCCCCCCC)C(=O)O)CCCCC(CCCCCC)(CCCCCCCC)C(=O)O)CC1. The van der Waals surface area contributed by atoms with Gasteiger partial charge in [0.15, 0.2) is 0 Å². The van der Waals surface area contributed by atoms with Crippen LogP contribution in [-0.4, -0.2) is 183 Å². The van der Waals surface area contributed by atoms with Gasteiger partial charge >= 0.3 is 29.8 Å². The molecule has 0 aromatic rings. The number of carbonyl (C=O) groups is 5. The number of carboxylic acids is 2. The van der Waals surface area contributed by atoms with Crippen molar-refractivity contribution in [1.82, 2.24) is 24.5 Å². The van der Waals surface area contributed by atoms with Crippen LogP contribution in [0.5, 0.6) is 0 Å². The summed E-state index contributed by atoms with van der Waals surface area (Å²) in [7, 11) is 0. The quantitative estimate of drug-likeness (QED) is 0.0335. The Bertz CT molecular complexity index is 2270. The van der Waals surface area contributed by atoms with Gasteiger partial charge in [-0.3, -0.25) is 33.8 Å². The predicted molar refractivity (Wildman–Crippen MR) is 535 cm³/mol. The molecule has 2 N–H and O–H groups in total. The third kappa shape index (κ3) is 67.1. The highest BCUT2D eigenvalue weighted by atomic mass is 16.5. The molecule has 0 radical (unpaired) electrons. The molecule has 0 aromatic heterocycles. The van der Waals surface area contributed by atoms with E-state index in [-0.39, 0.29) is 35.7 Å². The molecule has 0 saturated carbocycles. The van der Waals surface area contributed by atoms with Gasteiger partial charge in [-0.2, -0.15) is 0 Å². The van der Waals surface area contributed by atoms with Crippen molar-refractivity contribution >= 4 is 29.8 Å². The van der Waals surface area contributed by atoms with Crippen LogP contribution in [0.25, 0.3) is 0 Å². The summed E-state index contributed by atoms with van der Waals surface area (Å²) in [6, 6.07) is 0. The van der Waals surface area contributed by atoms with Crippen LogP contribution in [0.15, 0.2) is 0 Å². The van der Waals surface area contributed by atoms with E-state index in [1.165, 1.54) is 205 Å². The zero-order chi connectivity index (χ0) is 91.3. The number of hydrogen-bond donors (Lipinski definition) is 2. The first kappa shape index (κ1) is 120. The van der Waals surface area contributed by atoms with Gasteiger partial charge in [0, 0.05) is 65.4 Å². The minimum absolute atomic E-state index is 0.00142. The molecule has 1 rings (SSSR count). The molecule has 1 aliphatic rings. The number of carbonyl (C=O) groups excluding carboxylic acids is 3. The third-order valence-corrected chi connectivity index (χ3v) is 28.6. The topological polar surface area (TPSA) is 170 Å². The fourth-order valence-electron chi connectivity index (χ4n) is 19.6. The van der Waals surface area contributed by atoms with Gasteiger partial charge in [-0.1, -0.05) is 403 Å². The zero-order valence-corrected chi connectivity index (χ0v) is 85.3. The molecule has 5 unspecified atom stereocenters. The minimum atomic E-state index is -0.651. The van der Waals surface area contributed by atoms with Crippen molar-refractivity contribution in [3.8, 4) is 0 Å². The van der Waals surface area contributed by atoms with Crippen LogP contribution in [0.2, 0.25) is 0 Å². The van der Waals surface area contributed by atoms with Crippen LogP contribution in [0.4, 0.5) is 0 Å². The second-order valence-electron chi connectivity index (χ2n) is 39.9. The molecule has 0 aromatic carbocycles. The van der Waals surface area contributed by atoms with Crippen molar-refractivity contribution in [3.63, 3.8) is 0 Å². The van der Waals surface area contributed by atoms with E-state index in [2.05, 4.69) is 93.7 Å². The average Bonchev–Trinajstić information content (AvgIpc) is 0.846. The van der Waals surface area contributed by atoms with E-state index in [9.17, 15) is 34.2 Å². The van der Waals surface area contributed by atoms with Crippen molar-refractivity contribution in [2.45, 2.75) is 532 Å². The number of aliphatic carboxylic acids is 2. The summed E-state index contributed by atoms with van der Waals surface area (Å²) in [6.07, 6.45) is 78.4. The fourth-order valence-corrected chi connectivity index (χ4v) is 19.6. The number of piperazine rings is 1. The van der Waals surface area contributed by atoms with E-state index in [4.69, 9.17) is 14.2 Å². The Labute approximate surface area is 776 Å². The first-order valence-electron chi connectivity index (χ1n) is 55.7. The van der Waals surface area contributed by atoms with Crippen LogP contribution in [0, 0.1) is 28.6 Å². The smallest absolute Gasteiger partial charge is 0.309 e. The van der Waals surface area contributed by atoms with Gasteiger partial charge in [0.2, 0.25) is 0 Å². The van der Waals surface area contributed by atoms with Crippen LogP contribution < -0.4 is 0 Å². The van der Waals surface area contributed by atoms with Gasteiger partial charge in [-0.25, -0.2) is 0 Å². The number of rotatable bonds is 99. The van der Waals surface area contributed by atoms with Crippen molar-refractivity contribution in [1.29, 1.82) is 0 Å². The molecule has 1 saturated heterocycles. The normalized spacial score (nSPS) is 14.6. The number of esters is 3. The summed E-state index contributed by atoms with van der Waals surface area (Å²) in [5.41, 5.74) is -1.30. The molecule has 0 aliphatic carbocycles. The maximum atomic E-state index is 13.9. The maximum absolute atomic E-state index is 13.9. The summed E-state index contributed by atoms with van der Waals surface area (Å²) in [4.78, 5) is 82.0. The molecule has 740 valence electrons. The molecular formula is C110H215N5O10. The number of nitrogens with zero attached hydrogens (tertiary/aromatic N) is 5. The molecule has 5 atom stereocenters.